The van der Waals surface area contributed by atoms with Gasteiger partial charge < -0.3 is 25.5 Å². The molecule has 156 valence electrons. The Bertz CT molecular complexity index is 1070. The van der Waals surface area contributed by atoms with Crippen LogP contribution in [0.3, 0.4) is 0 Å². The number of nitrogens with zero attached hydrogens (tertiary/aromatic N) is 5. The largest absolute Gasteiger partial charge is 0.427 e. The molecule has 1 aromatic carbocycles. The van der Waals surface area contributed by atoms with Gasteiger partial charge in [0.05, 0.1) is 42.7 Å². The molecule has 0 atom stereocenters. The van der Waals surface area contributed by atoms with Crippen LogP contribution in [0.15, 0.2) is 48.9 Å². The molecule has 1 aliphatic rings. The van der Waals surface area contributed by atoms with Crippen LogP contribution in [0.25, 0.3) is 11.3 Å². The van der Waals surface area contributed by atoms with Crippen molar-refractivity contribution in [2.75, 3.05) is 54.1 Å². The number of carbonyl (C=O) groups excluding carboxylic acids is 1. The minimum atomic E-state index is -0.451. The number of hydrogen-bond donors (Lipinski definition) is 2. The Labute approximate surface area is 181 Å². The van der Waals surface area contributed by atoms with Gasteiger partial charge in [-0.25, -0.2) is 9.97 Å². The average molecular weight is 415 g/mol. The number of pyridine rings is 1. The maximum atomic E-state index is 13.0. The van der Waals surface area contributed by atoms with E-state index in [2.05, 4.69) is 25.2 Å². The second kappa shape index (κ2) is 9.01. The number of carbonyl (C=O) groups is 1. The highest BCUT2D eigenvalue weighted by molar-refractivity contribution is 6.17. The molecule has 10 heteroatoms. The van der Waals surface area contributed by atoms with Gasteiger partial charge >= 0.3 is 0 Å². The summed E-state index contributed by atoms with van der Waals surface area (Å²) in [6.45, 7) is 2.74. The third-order valence-corrected chi connectivity index (χ3v) is 4.98. The Hall–Kier alpha value is -3.66. The van der Waals surface area contributed by atoms with Gasteiger partial charge in [0.1, 0.15) is 0 Å². The summed E-state index contributed by atoms with van der Waals surface area (Å²) in [5.41, 5.74) is 9.64. The molecule has 0 bridgehead atoms. The quantitative estimate of drug-likeness (QED) is 0.607. The van der Waals surface area contributed by atoms with Crippen molar-refractivity contribution in [2.24, 2.45) is 0 Å². The number of anilines is 4. The molecule has 0 saturated carbocycles. The summed E-state index contributed by atoms with van der Waals surface area (Å²) in [6.07, 6.45) is 4.84. The number of nitrogens with two attached hydrogens (primary N) is 1. The first-order valence-corrected chi connectivity index (χ1v) is 9.82. The lowest BCUT2D eigenvalue weighted by Gasteiger charge is -2.30. The van der Waals surface area contributed by atoms with Crippen molar-refractivity contribution in [3.63, 3.8) is 0 Å². The molecule has 1 aliphatic heterocycles. The van der Waals surface area contributed by atoms with E-state index in [4.69, 9.17) is 18.5 Å². The second-order valence-corrected chi connectivity index (χ2v) is 7.09. The van der Waals surface area contributed by atoms with E-state index in [1.807, 2.05) is 30.3 Å². The predicted octanol–water partition coefficient (Wildman–Crippen LogP) is 1.73. The summed E-state index contributed by atoms with van der Waals surface area (Å²) >= 11 is 0. The van der Waals surface area contributed by atoms with Crippen LogP contribution in [0.5, 0.6) is 0 Å². The van der Waals surface area contributed by atoms with Crippen LogP contribution < -0.4 is 20.8 Å². The van der Waals surface area contributed by atoms with Crippen LogP contribution >= 0.6 is 0 Å². The number of benzene rings is 1. The summed E-state index contributed by atoms with van der Waals surface area (Å²) in [5.74, 6) is -0.399. The zero-order valence-electron chi connectivity index (χ0n) is 17.2. The Kier molecular flexibility index (Phi) is 5.99. The van der Waals surface area contributed by atoms with Crippen LogP contribution in [0.2, 0.25) is 0 Å². The third-order valence-electron chi connectivity index (χ3n) is 4.98. The number of morpholine rings is 1. The van der Waals surface area contributed by atoms with Crippen molar-refractivity contribution in [3.05, 3.63) is 54.6 Å². The molecule has 2 aromatic heterocycles. The lowest BCUT2D eigenvalue weighted by molar-refractivity contribution is 0.102. The minimum Gasteiger partial charge on any atom is -0.427 e. The van der Waals surface area contributed by atoms with E-state index in [9.17, 15) is 4.79 Å². The molecule has 3 aromatic rings. The molecule has 1 saturated heterocycles. The summed E-state index contributed by atoms with van der Waals surface area (Å²) in [4.78, 5) is 29.4. The fraction of sp³-hybridized carbons (Fsp3) is 0.238. The molecule has 1 amide bonds. The van der Waals surface area contributed by atoms with Crippen molar-refractivity contribution in [2.45, 2.75) is 0 Å². The Morgan fingerprint density at radius 1 is 1.19 bits per heavy atom. The monoisotopic (exact) mass is 415 g/mol. The summed E-state index contributed by atoms with van der Waals surface area (Å²) < 4.78 is 5.41. The first-order chi connectivity index (χ1) is 15.0. The molecule has 3 heterocycles. The lowest BCUT2D eigenvalue weighted by Crippen LogP contribution is -2.36. The molecule has 0 spiro atoms. The van der Waals surface area contributed by atoms with Crippen LogP contribution in [-0.4, -0.2) is 62.2 Å². The summed E-state index contributed by atoms with van der Waals surface area (Å²) in [5, 5.41) is 2.88. The van der Waals surface area contributed by atoms with E-state index in [-0.39, 0.29) is 11.5 Å². The van der Waals surface area contributed by atoms with Gasteiger partial charge in [-0.05, 0) is 25.2 Å². The average Bonchev–Trinajstić information content (AvgIpc) is 2.80. The van der Waals surface area contributed by atoms with Gasteiger partial charge in [0.15, 0.2) is 11.5 Å². The number of amides is 1. The SMILES string of the molecule is [B]N(C)c1ccc(-c2cnc(N)c(C(=O)Nc3cnccc3N3CCOCC3)n2)cc1. The maximum absolute atomic E-state index is 13.0. The zero-order valence-corrected chi connectivity index (χ0v) is 17.2. The molecule has 2 radical (unpaired) electrons. The van der Waals surface area contributed by atoms with Gasteiger partial charge in [-0.1, -0.05) is 12.1 Å². The number of ether oxygens (including phenoxy) is 1. The fourth-order valence-corrected chi connectivity index (χ4v) is 3.32. The van der Waals surface area contributed by atoms with E-state index in [1.165, 1.54) is 11.0 Å². The van der Waals surface area contributed by atoms with Crippen LogP contribution in [0.1, 0.15) is 10.5 Å². The smallest absolute Gasteiger partial charge is 0.278 e. The molecule has 0 unspecified atom stereocenters. The Morgan fingerprint density at radius 2 is 1.94 bits per heavy atom. The molecule has 31 heavy (non-hydrogen) atoms. The van der Waals surface area contributed by atoms with Crippen LogP contribution in [0, 0.1) is 0 Å². The third kappa shape index (κ3) is 4.59. The number of rotatable bonds is 5. The zero-order chi connectivity index (χ0) is 21.8. The number of aromatic nitrogens is 3. The Morgan fingerprint density at radius 3 is 2.65 bits per heavy atom. The second-order valence-electron chi connectivity index (χ2n) is 7.09. The van der Waals surface area contributed by atoms with Gasteiger partial charge in [-0.15, -0.1) is 0 Å². The maximum Gasteiger partial charge on any atom is 0.278 e. The molecule has 9 nitrogen and oxygen atoms in total. The van der Waals surface area contributed by atoms with Gasteiger partial charge in [0.2, 0.25) is 7.98 Å². The highest BCUT2D eigenvalue weighted by atomic mass is 16.5. The van der Waals surface area contributed by atoms with Crippen LogP contribution in [0.4, 0.5) is 22.9 Å². The minimum absolute atomic E-state index is 0.0503. The molecule has 4 rings (SSSR count). The highest BCUT2D eigenvalue weighted by Gasteiger charge is 2.19. The summed E-state index contributed by atoms with van der Waals surface area (Å²) in [6, 6.07) is 9.30. The van der Waals surface area contributed by atoms with Crippen molar-refractivity contribution < 1.29 is 9.53 Å². The van der Waals surface area contributed by atoms with Gasteiger partial charge in [-0.3, -0.25) is 9.78 Å². The molecule has 3 N–H and O–H groups in total. The number of nitrogen functional groups attached to an aromatic ring is 1. The summed E-state index contributed by atoms with van der Waals surface area (Å²) in [7, 11) is 7.50. The van der Waals surface area contributed by atoms with E-state index in [0.717, 1.165) is 30.0 Å². The highest BCUT2D eigenvalue weighted by Crippen LogP contribution is 2.27. The lowest BCUT2D eigenvalue weighted by atomic mass is 10.1. The topological polar surface area (TPSA) is 110 Å². The van der Waals surface area contributed by atoms with Crippen molar-refractivity contribution in [3.8, 4) is 11.3 Å². The number of nitrogens with one attached hydrogen (secondary N) is 1. The van der Waals surface area contributed by atoms with Gasteiger partial charge in [0.25, 0.3) is 5.91 Å². The van der Waals surface area contributed by atoms with Crippen molar-refractivity contribution in [1.29, 1.82) is 0 Å². The first kappa shape index (κ1) is 20.6. The van der Waals surface area contributed by atoms with E-state index >= 15 is 0 Å². The van der Waals surface area contributed by atoms with Crippen LogP contribution in [-0.2, 0) is 4.74 Å². The van der Waals surface area contributed by atoms with Crippen molar-refractivity contribution >= 4 is 36.8 Å². The molecular weight excluding hydrogens is 393 g/mol. The van der Waals surface area contributed by atoms with Crippen molar-refractivity contribution in [1.82, 2.24) is 15.0 Å². The molecular formula is C21H22BN7O2. The fourth-order valence-electron chi connectivity index (χ4n) is 3.32. The van der Waals surface area contributed by atoms with Gasteiger partial charge in [-0.2, -0.15) is 0 Å². The number of hydrogen-bond acceptors (Lipinski definition) is 8. The normalized spacial score (nSPS) is 13.6. The standard InChI is InChI=1S/C21H22BN7O2/c1-28(22)15-4-2-14(3-5-15)16-13-25-20(23)19(26-16)21(30)27-17-12-24-7-6-18(17)29-8-10-31-11-9-29/h2-7,12-13H,8-11H2,1H3,(H2,23,25)(H,27,30). The first-order valence-electron chi connectivity index (χ1n) is 9.82. The van der Waals surface area contributed by atoms with E-state index in [1.54, 1.807) is 19.4 Å². The molecule has 1 fully saturated rings. The van der Waals surface area contributed by atoms with E-state index in [0.29, 0.717) is 24.6 Å². The predicted molar refractivity (Wildman–Crippen MR) is 121 cm³/mol. The van der Waals surface area contributed by atoms with Gasteiger partial charge in [0, 0.05) is 30.5 Å². The Balaban J connectivity index is 1.59. The van der Waals surface area contributed by atoms with E-state index < -0.39 is 5.91 Å². The molecule has 0 aliphatic carbocycles.